The van der Waals surface area contributed by atoms with E-state index in [0.29, 0.717) is 6.04 Å². The van der Waals surface area contributed by atoms with Crippen LogP contribution in [0.4, 0.5) is 0 Å². The van der Waals surface area contributed by atoms with Gasteiger partial charge in [-0.15, -0.1) is 0 Å². The van der Waals surface area contributed by atoms with Crippen LogP contribution in [0.25, 0.3) is 0 Å². The number of nitrogens with zero attached hydrogens (tertiary/aromatic N) is 1. The van der Waals surface area contributed by atoms with Gasteiger partial charge in [0, 0.05) is 11.6 Å². The summed E-state index contributed by atoms with van der Waals surface area (Å²) in [5, 5.41) is 0. The summed E-state index contributed by atoms with van der Waals surface area (Å²) in [5.41, 5.74) is 3.20. The van der Waals surface area contributed by atoms with Gasteiger partial charge in [-0.3, -0.25) is 11.3 Å². The Bertz CT molecular complexity index is 189. The highest BCUT2D eigenvalue weighted by Gasteiger charge is 2.36. The standard InChI is InChI=1S/C12H27N3/c1-5-12(2,15(3)4)11(14-13)9-10-7-6-8-10/h10-11,14H,5-9,13H2,1-4H3. The highest BCUT2D eigenvalue weighted by atomic mass is 15.3. The Hall–Kier alpha value is -0.120. The molecule has 90 valence electrons. The van der Waals surface area contributed by atoms with Gasteiger partial charge in [-0.05, 0) is 39.8 Å². The Balaban J connectivity index is 2.60. The number of likely N-dealkylation sites (N-methyl/N-ethyl adjacent to an activating group) is 1. The summed E-state index contributed by atoms with van der Waals surface area (Å²) in [6, 6.07) is 0.405. The molecule has 1 fully saturated rings. The minimum absolute atomic E-state index is 0.171. The van der Waals surface area contributed by atoms with Gasteiger partial charge in [0.25, 0.3) is 0 Å². The van der Waals surface area contributed by atoms with Gasteiger partial charge in [0.1, 0.15) is 0 Å². The summed E-state index contributed by atoms with van der Waals surface area (Å²) in [7, 11) is 4.29. The molecule has 0 bridgehead atoms. The highest BCUT2D eigenvalue weighted by molar-refractivity contribution is 4.95. The number of hydrazine groups is 1. The van der Waals surface area contributed by atoms with Gasteiger partial charge >= 0.3 is 0 Å². The minimum Gasteiger partial charge on any atom is -0.302 e. The van der Waals surface area contributed by atoms with Crippen molar-refractivity contribution in [3.63, 3.8) is 0 Å². The van der Waals surface area contributed by atoms with E-state index in [4.69, 9.17) is 5.84 Å². The van der Waals surface area contributed by atoms with E-state index >= 15 is 0 Å². The zero-order valence-corrected chi connectivity index (χ0v) is 10.7. The van der Waals surface area contributed by atoms with Crippen LogP contribution in [0.15, 0.2) is 0 Å². The predicted molar refractivity (Wildman–Crippen MR) is 65.5 cm³/mol. The van der Waals surface area contributed by atoms with Crippen molar-refractivity contribution in [3.8, 4) is 0 Å². The number of nitrogens with one attached hydrogen (secondary N) is 1. The largest absolute Gasteiger partial charge is 0.302 e. The quantitative estimate of drug-likeness (QED) is 0.521. The molecule has 0 aromatic rings. The van der Waals surface area contributed by atoms with E-state index in [9.17, 15) is 0 Å². The molecule has 15 heavy (non-hydrogen) atoms. The van der Waals surface area contributed by atoms with E-state index in [0.717, 1.165) is 12.3 Å². The molecule has 1 saturated carbocycles. The first-order chi connectivity index (χ1) is 7.04. The first kappa shape index (κ1) is 12.9. The Kier molecular flexibility index (Phi) is 4.56. The second-order valence-corrected chi connectivity index (χ2v) is 5.36. The minimum atomic E-state index is 0.171. The van der Waals surface area contributed by atoms with Gasteiger partial charge in [-0.25, -0.2) is 0 Å². The van der Waals surface area contributed by atoms with Crippen LogP contribution in [0.2, 0.25) is 0 Å². The Labute approximate surface area is 94.4 Å². The number of hydrogen-bond donors (Lipinski definition) is 2. The molecule has 1 aliphatic rings. The van der Waals surface area contributed by atoms with E-state index < -0.39 is 0 Å². The van der Waals surface area contributed by atoms with Gasteiger partial charge in [0.15, 0.2) is 0 Å². The van der Waals surface area contributed by atoms with E-state index in [1.807, 2.05) is 0 Å². The monoisotopic (exact) mass is 213 g/mol. The van der Waals surface area contributed by atoms with Gasteiger partial charge < -0.3 is 4.90 Å². The second kappa shape index (κ2) is 5.28. The van der Waals surface area contributed by atoms with Crippen LogP contribution in [0.3, 0.4) is 0 Å². The molecule has 2 atom stereocenters. The lowest BCUT2D eigenvalue weighted by Gasteiger charge is -2.44. The predicted octanol–water partition coefficient (Wildman–Crippen LogP) is 1.74. The van der Waals surface area contributed by atoms with Crippen LogP contribution in [-0.2, 0) is 0 Å². The van der Waals surface area contributed by atoms with Crippen LogP contribution < -0.4 is 11.3 Å². The SMILES string of the molecule is CCC(C)(C(CC1CCC1)NN)N(C)C. The molecule has 0 aliphatic heterocycles. The molecule has 3 heteroatoms. The van der Waals surface area contributed by atoms with Gasteiger partial charge in [-0.1, -0.05) is 26.2 Å². The first-order valence-corrected chi connectivity index (χ1v) is 6.18. The first-order valence-electron chi connectivity index (χ1n) is 6.18. The van der Waals surface area contributed by atoms with Crippen molar-refractivity contribution < 1.29 is 0 Å². The molecule has 3 nitrogen and oxygen atoms in total. The van der Waals surface area contributed by atoms with Gasteiger partial charge in [-0.2, -0.15) is 0 Å². The zero-order valence-electron chi connectivity index (χ0n) is 10.7. The molecule has 0 amide bonds. The molecule has 1 rings (SSSR count). The van der Waals surface area contributed by atoms with Crippen LogP contribution in [0, 0.1) is 5.92 Å². The van der Waals surface area contributed by atoms with Gasteiger partial charge in [0.2, 0.25) is 0 Å². The zero-order chi connectivity index (χ0) is 11.5. The summed E-state index contributed by atoms with van der Waals surface area (Å²) >= 11 is 0. The molecular weight excluding hydrogens is 186 g/mol. The van der Waals surface area contributed by atoms with Gasteiger partial charge in [0.05, 0.1) is 0 Å². The molecule has 0 aromatic carbocycles. The normalized spacial score (nSPS) is 23.6. The molecule has 0 saturated heterocycles. The lowest BCUT2D eigenvalue weighted by molar-refractivity contribution is 0.0877. The Morgan fingerprint density at radius 3 is 2.33 bits per heavy atom. The van der Waals surface area contributed by atoms with Crippen LogP contribution in [-0.4, -0.2) is 30.6 Å². The summed E-state index contributed by atoms with van der Waals surface area (Å²) < 4.78 is 0. The van der Waals surface area contributed by atoms with Crippen molar-refractivity contribution >= 4 is 0 Å². The molecule has 3 N–H and O–H groups in total. The summed E-state index contributed by atoms with van der Waals surface area (Å²) in [5.74, 6) is 6.62. The van der Waals surface area contributed by atoms with E-state index in [1.54, 1.807) is 0 Å². The number of hydrogen-bond acceptors (Lipinski definition) is 3. The van der Waals surface area contributed by atoms with Crippen molar-refractivity contribution in [1.82, 2.24) is 10.3 Å². The van der Waals surface area contributed by atoms with E-state index in [-0.39, 0.29) is 5.54 Å². The number of rotatable bonds is 6. The van der Waals surface area contributed by atoms with Crippen LogP contribution in [0.5, 0.6) is 0 Å². The fraction of sp³-hybridized carbons (Fsp3) is 1.00. The molecule has 0 spiro atoms. The molecule has 0 radical (unpaired) electrons. The lowest BCUT2D eigenvalue weighted by atomic mass is 9.75. The van der Waals surface area contributed by atoms with E-state index in [2.05, 4.69) is 38.3 Å². The second-order valence-electron chi connectivity index (χ2n) is 5.36. The maximum Gasteiger partial charge on any atom is 0.0394 e. The maximum atomic E-state index is 5.72. The van der Waals surface area contributed by atoms with Crippen molar-refractivity contribution in [2.45, 2.75) is 57.5 Å². The smallest absolute Gasteiger partial charge is 0.0394 e. The number of nitrogens with two attached hydrogens (primary N) is 1. The lowest BCUT2D eigenvalue weighted by Crippen LogP contribution is -2.59. The van der Waals surface area contributed by atoms with Crippen molar-refractivity contribution in [1.29, 1.82) is 0 Å². The van der Waals surface area contributed by atoms with Crippen molar-refractivity contribution in [2.75, 3.05) is 14.1 Å². The van der Waals surface area contributed by atoms with Crippen LogP contribution >= 0.6 is 0 Å². The maximum absolute atomic E-state index is 5.72. The topological polar surface area (TPSA) is 41.3 Å². The Morgan fingerprint density at radius 1 is 1.47 bits per heavy atom. The van der Waals surface area contributed by atoms with Crippen LogP contribution in [0.1, 0.15) is 46.0 Å². The van der Waals surface area contributed by atoms with Crippen molar-refractivity contribution in [2.24, 2.45) is 11.8 Å². The highest BCUT2D eigenvalue weighted by Crippen LogP contribution is 2.34. The third-order valence-electron chi connectivity index (χ3n) is 4.48. The molecule has 1 aliphatic carbocycles. The summed E-state index contributed by atoms with van der Waals surface area (Å²) in [6.07, 6.45) is 6.55. The average molecular weight is 213 g/mol. The third kappa shape index (κ3) is 2.71. The molecule has 0 heterocycles. The fourth-order valence-electron chi connectivity index (χ4n) is 2.44. The summed E-state index contributed by atoms with van der Waals surface area (Å²) in [4.78, 5) is 2.30. The van der Waals surface area contributed by atoms with E-state index in [1.165, 1.54) is 25.7 Å². The average Bonchev–Trinajstić information content (AvgIpc) is 2.15. The molecule has 2 unspecified atom stereocenters. The van der Waals surface area contributed by atoms with Crippen molar-refractivity contribution in [3.05, 3.63) is 0 Å². The summed E-state index contributed by atoms with van der Waals surface area (Å²) in [6.45, 7) is 4.54. The Morgan fingerprint density at radius 2 is 2.07 bits per heavy atom. The fourth-order valence-corrected chi connectivity index (χ4v) is 2.44. The third-order valence-corrected chi connectivity index (χ3v) is 4.48. The molecular formula is C12H27N3. The molecule has 0 aromatic heterocycles.